The van der Waals surface area contributed by atoms with E-state index in [1.807, 2.05) is 0 Å². The average Bonchev–Trinajstić information content (AvgIpc) is 3.21. The van der Waals surface area contributed by atoms with E-state index in [1.54, 1.807) is 0 Å². The second kappa shape index (κ2) is 25.7. The molecular weight excluding hydrogens is 955 g/mol. The van der Waals surface area contributed by atoms with Gasteiger partial charge in [-0.2, -0.15) is 26.3 Å². The van der Waals surface area contributed by atoms with Gasteiger partial charge < -0.3 is 25.9 Å². The van der Waals surface area contributed by atoms with Crippen LogP contribution in [0.1, 0.15) is 0 Å². The first-order valence-electron chi connectivity index (χ1n) is 15.9. The number of halogens is 6. The predicted molar refractivity (Wildman–Crippen MR) is 211 cm³/mol. The van der Waals surface area contributed by atoms with E-state index in [1.165, 1.54) is 37.0 Å². The van der Waals surface area contributed by atoms with Crippen molar-refractivity contribution in [2.24, 2.45) is 5.16 Å². The summed E-state index contributed by atoms with van der Waals surface area (Å²) >= 11 is 0. The Morgan fingerprint density at radius 1 is 0.429 bits per heavy atom. The molecule has 0 amide bonds. The summed E-state index contributed by atoms with van der Waals surface area (Å²) in [6.07, 6.45) is -10.0. The SMILES string of the molecule is O=C(O)C(F)(F)F.ON=C(O)C(F)(F)F.[N-]=O.[Os+].c1ccc([PH+](c2ccccc2)c2ccccc2)cc1.c1ccc([PH+](c2ccccc2)c2ccccc2)cc1. The number of carboxylic acid groups (broad SMARTS) is 1. The van der Waals surface area contributed by atoms with Crippen LogP contribution in [0.5, 0.6) is 0 Å². The molecule has 0 saturated carbocycles. The fraction of sp³-hybridized carbons (Fsp3) is 0.0500. The molecule has 6 rings (SSSR count). The van der Waals surface area contributed by atoms with Crippen molar-refractivity contribution in [2.45, 2.75) is 12.4 Å². The average molecular weight is 990 g/mol. The number of carbonyl (C=O) groups is 1. The van der Waals surface area contributed by atoms with Gasteiger partial charge in [-0.15, -0.1) is 0 Å². The predicted octanol–water partition coefficient (Wildman–Crippen LogP) is 8.20. The molecule has 56 heavy (non-hydrogen) atoms. The van der Waals surface area contributed by atoms with Gasteiger partial charge in [-0.25, -0.2) is 4.79 Å². The zero-order valence-corrected chi connectivity index (χ0v) is 33.5. The van der Waals surface area contributed by atoms with Gasteiger partial charge in [0.1, 0.15) is 31.8 Å². The van der Waals surface area contributed by atoms with Crippen molar-refractivity contribution in [1.82, 2.24) is 0 Å². The van der Waals surface area contributed by atoms with Crippen LogP contribution in [0, 0.1) is 4.91 Å². The molecule has 0 bridgehead atoms. The number of nitroso groups, excluding NO2 is 1. The van der Waals surface area contributed by atoms with Crippen molar-refractivity contribution in [3.05, 3.63) is 192 Å². The third-order valence-corrected chi connectivity index (χ3v) is 12.4. The van der Waals surface area contributed by atoms with Gasteiger partial charge in [0.05, 0.1) is 15.8 Å². The maximum atomic E-state index is 10.9. The minimum Gasteiger partial charge on any atom is -0.577 e. The molecular formula is C40H35F6N2O5OsP2+2. The molecule has 0 unspecified atom stereocenters. The van der Waals surface area contributed by atoms with Gasteiger partial charge >= 0.3 is 44.0 Å². The van der Waals surface area contributed by atoms with Gasteiger partial charge in [0.15, 0.2) is 0 Å². The van der Waals surface area contributed by atoms with Crippen LogP contribution in [0.15, 0.2) is 187 Å². The molecule has 7 nitrogen and oxygen atoms in total. The summed E-state index contributed by atoms with van der Waals surface area (Å²) in [7, 11) is -1.75. The molecule has 3 N–H and O–H groups in total. The Hall–Kier alpha value is -5.26. The van der Waals surface area contributed by atoms with E-state index in [2.05, 4.69) is 182 Å². The van der Waals surface area contributed by atoms with E-state index < -0.39 is 40.1 Å². The van der Waals surface area contributed by atoms with Crippen LogP contribution in [0.4, 0.5) is 26.3 Å². The number of carboxylic acids is 1. The molecule has 0 aliphatic carbocycles. The Morgan fingerprint density at radius 2 is 0.589 bits per heavy atom. The number of aliphatic hydroxyl groups is 1. The summed E-state index contributed by atoms with van der Waals surface area (Å²) in [6.45, 7) is 0. The van der Waals surface area contributed by atoms with Crippen LogP contribution in [-0.4, -0.2) is 39.6 Å². The van der Waals surface area contributed by atoms with E-state index >= 15 is 0 Å². The molecule has 6 aromatic rings. The van der Waals surface area contributed by atoms with E-state index in [9.17, 15) is 26.3 Å². The van der Waals surface area contributed by atoms with E-state index in [-0.39, 0.29) is 19.8 Å². The molecule has 0 fully saturated rings. The van der Waals surface area contributed by atoms with Gasteiger partial charge in [-0.3, -0.25) is 0 Å². The molecule has 16 heteroatoms. The van der Waals surface area contributed by atoms with Crippen molar-refractivity contribution in [3.63, 3.8) is 0 Å². The zero-order chi connectivity index (χ0) is 40.7. The molecule has 0 atom stereocenters. The van der Waals surface area contributed by atoms with Gasteiger partial charge in [-0.05, 0) is 78.0 Å². The number of hydrogen-bond donors (Lipinski definition) is 3. The third kappa shape index (κ3) is 17.0. The number of aliphatic hydroxyl groups excluding tert-OH is 1. The Balaban J connectivity index is 0.000000398. The maximum Gasteiger partial charge on any atom is 1.00 e. The minimum absolute atomic E-state index is 0. The fourth-order valence-electron chi connectivity index (χ4n) is 4.69. The molecule has 0 saturated heterocycles. The first kappa shape index (κ1) is 48.8. The summed E-state index contributed by atoms with van der Waals surface area (Å²) in [4.78, 5) is 16.1. The molecule has 0 aromatic heterocycles. The first-order valence-corrected chi connectivity index (χ1v) is 18.9. The quantitative estimate of drug-likeness (QED) is 0.0387. The topological polar surface area (TPSA) is 129 Å². The Kier molecular flexibility index (Phi) is 22.4. The number of rotatable bonds is 6. The zero-order valence-electron chi connectivity index (χ0n) is 29.0. The summed E-state index contributed by atoms with van der Waals surface area (Å²) < 4.78 is 64.5. The number of hydrogen-bond acceptors (Lipinski definition) is 4. The summed E-state index contributed by atoms with van der Waals surface area (Å²) in [5.41, 5.74) is 5.75. The van der Waals surface area contributed by atoms with Crippen molar-refractivity contribution in [3.8, 4) is 0 Å². The van der Waals surface area contributed by atoms with Gasteiger partial charge in [0.25, 0.3) is 0 Å². The van der Waals surface area contributed by atoms with Crippen molar-refractivity contribution >= 4 is 59.5 Å². The Morgan fingerprint density at radius 3 is 0.679 bits per heavy atom. The number of nitrogens with zero attached hydrogens (tertiary/aromatic N) is 2. The number of aliphatic carboxylic acids is 1. The van der Waals surface area contributed by atoms with Crippen LogP contribution in [0.2, 0.25) is 0 Å². The third-order valence-electron chi connectivity index (χ3n) is 6.97. The van der Waals surface area contributed by atoms with Crippen LogP contribution < -0.4 is 31.8 Å². The monoisotopic (exact) mass is 991 g/mol. The van der Waals surface area contributed by atoms with Gasteiger partial charge in [0.2, 0.25) is 0 Å². The maximum absolute atomic E-state index is 10.9. The fourth-order valence-corrected chi connectivity index (χ4v) is 9.84. The van der Waals surface area contributed by atoms with Gasteiger partial charge in [0, 0.05) is 0 Å². The molecule has 1 radical (unpaired) electrons. The van der Waals surface area contributed by atoms with Crippen LogP contribution in [0.3, 0.4) is 0 Å². The van der Waals surface area contributed by atoms with E-state index in [4.69, 9.17) is 30.7 Å². The largest absolute Gasteiger partial charge is 1.00 e. The van der Waals surface area contributed by atoms with Crippen molar-refractivity contribution in [1.29, 1.82) is 0 Å². The van der Waals surface area contributed by atoms with E-state index in [0.29, 0.717) is 0 Å². The van der Waals surface area contributed by atoms with Crippen LogP contribution in [0.25, 0.3) is 5.59 Å². The standard InChI is InChI=1S/2C18H15P.C2H2F3NO2.C2HF3O2.NO.Os/c2*1-4-10-16(11-5-1)19(17-12-6-2-7-13-17)18-14-8-3-9-15-18;3-2(4,5)1(7)6-8;3-2(4,5)1(6)7;1-2;/h2*1-15H;8H,(H,6,7);(H,6,7);;/q;;;;-1;+1/p+2. The summed E-state index contributed by atoms with van der Waals surface area (Å²) in [6, 6.07) is 65.0. The smallest absolute Gasteiger partial charge is 0.577 e. The van der Waals surface area contributed by atoms with Crippen LogP contribution in [-0.2, 0) is 24.6 Å². The molecule has 6 aromatic carbocycles. The normalized spacial score (nSPS) is 10.7. The summed E-state index contributed by atoms with van der Waals surface area (Å²) in [5.74, 6) is -5.00. The Labute approximate surface area is 334 Å². The second-order valence-corrected chi connectivity index (χ2v) is 15.6. The second-order valence-electron chi connectivity index (χ2n) is 10.7. The number of oxime groups is 1. The Bertz CT molecular complexity index is 1660. The van der Waals surface area contributed by atoms with E-state index in [0.717, 1.165) is 0 Å². The number of alkyl halides is 6. The van der Waals surface area contributed by atoms with Crippen molar-refractivity contribution in [2.75, 3.05) is 0 Å². The first-order chi connectivity index (χ1) is 26.3. The molecule has 293 valence electrons. The van der Waals surface area contributed by atoms with Crippen molar-refractivity contribution < 1.29 is 66.3 Å². The minimum atomic E-state index is -5.08. The number of benzene rings is 6. The summed E-state index contributed by atoms with van der Waals surface area (Å²) in [5, 5.41) is 32.1. The van der Waals surface area contributed by atoms with Crippen LogP contribution >= 0.6 is 15.8 Å². The van der Waals surface area contributed by atoms with Gasteiger partial charge in [-0.1, -0.05) is 109 Å². The molecule has 0 spiro atoms. The molecule has 0 heterocycles. The molecule has 0 aliphatic rings. The molecule has 0 aliphatic heterocycles.